The summed E-state index contributed by atoms with van der Waals surface area (Å²) in [6.07, 6.45) is 0.785. The zero-order chi connectivity index (χ0) is 22.6. The van der Waals surface area contributed by atoms with E-state index in [2.05, 4.69) is 6.92 Å². The van der Waals surface area contributed by atoms with Crippen LogP contribution in [0, 0.1) is 0 Å². The van der Waals surface area contributed by atoms with Gasteiger partial charge in [0.25, 0.3) is 0 Å². The second kappa shape index (κ2) is 9.61. The molecule has 2 heterocycles. The van der Waals surface area contributed by atoms with Crippen LogP contribution >= 0.6 is 0 Å². The maximum absolute atomic E-state index is 9.57. The third-order valence-corrected chi connectivity index (χ3v) is 5.75. The van der Waals surface area contributed by atoms with E-state index >= 15 is 0 Å². The van der Waals surface area contributed by atoms with Gasteiger partial charge in [-0.1, -0.05) is 36.4 Å². The van der Waals surface area contributed by atoms with Gasteiger partial charge in [-0.2, -0.15) is 0 Å². The van der Waals surface area contributed by atoms with Crippen molar-refractivity contribution in [3.63, 3.8) is 0 Å². The van der Waals surface area contributed by atoms with E-state index in [9.17, 15) is 15.3 Å². The largest absolute Gasteiger partial charge is 0.508 e. The maximum Gasteiger partial charge on any atom is 0.115 e. The van der Waals surface area contributed by atoms with Crippen molar-refractivity contribution < 1.29 is 29.5 Å². The normalized spacial score (nSPS) is 19.0. The van der Waals surface area contributed by atoms with Gasteiger partial charge in [0.15, 0.2) is 0 Å². The molecule has 0 aliphatic carbocycles. The number of rotatable bonds is 7. The number of phenols is 3. The molecule has 2 fully saturated rings. The molecule has 32 heavy (non-hydrogen) atoms. The zero-order valence-corrected chi connectivity index (χ0v) is 18.0. The SMILES string of the molecule is C(OCC1CO1)C1CO1.CC(c1ccc(O)cc1)(c1ccc(O)cc1)c1ccc(O)cc1. The monoisotopic (exact) mass is 436 g/mol. The Labute approximate surface area is 187 Å². The summed E-state index contributed by atoms with van der Waals surface area (Å²) in [6, 6.07) is 21.3. The third-order valence-electron chi connectivity index (χ3n) is 5.75. The molecule has 0 saturated carbocycles. The second-order valence-corrected chi connectivity index (χ2v) is 8.21. The van der Waals surface area contributed by atoms with Crippen LogP contribution in [0.15, 0.2) is 72.8 Å². The predicted molar refractivity (Wildman–Crippen MR) is 120 cm³/mol. The molecule has 0 bridgehead atoms. The molecule has 3 aromatic carbocycles. The molecule has 2 aliphatic rings. The summed E-state index contributed by atoms with van der Waals surface area (Å²) in [5.74, 6) is 0.646. The zero-order valence-electron chi connectivity index (χ0n) is 18.0. The first-order valence-corrected chi connectivity index (χ1v) is 10.6. The van der Waals surface area contributed by atoms with E-state index in [4.69, 9.17) is 14.2 Å². The van der Waals surface area contributed by atoms with Gasteiger partial charge in [0.05, 0.1) is 26.4 Å². The quantitative estimate of drug-likeness (QED) is 0.383. The lowest BCUT2D eigenvalue weighted by atomic mass is 9.71. The Bertz CT molecular complexity index is 867. The summed E-state index contributed by atoms with van der Waals surface area (Å²) in [5, 5.41) is 28.7. The van der Waals surface area contributed by atoms with Gasteiger partial charge in [0.2, 0.25) is 0 Å². The number of ether oxygens (including phenoxy) is 3. The van der Waals surface area contributed by atoms with Crippen LogP contribution in [-0.2, 0) is 19.6 Å². The molecule has 0 aromatic heterocycles. The van der Waals surface area contributed by atoms with E-state index in [0.717, 1.165) is 43.1 Å². The van der Waals surface area contributed by atoms with Crippen molar-refractivity contribution in [2.24, 2.45) is 0 Å². The molecule has 3 N–H and O–H groups in total. The van der Waals surface area contributed by atoms with Crippen molar-refractivity contribution in [3.8, 4) is 17.2 Å². The molecule has 6 nitrogen and oxygen atoms in total. The number of aromatic hydroxyl groups is 3. The minimum Gasteiger partial charge on any atom is -0.508 e. The van der Waals surface area contributed by atoms with Gasteiger partial charge in [-0.3, -0.25) is 0 Å². The summed E-state index contributed by atoms with van der Waals surface area (Å²) in [5.41, 5.74) is 2.54. The minimum absolute atomic E-state index is 0.215. The number of epoxide rings is 2. The highest BCUT2D eigenvalue weighted by Gasteiger charge is 2.31. The Hall–Kier alpha value is -3.06. The van der Waals surface area contributed by atoms with E-state index in [-0.39, 0.29) is 17.2 Å². The Morgan fingerprint density at radius 1 is 0.656 bits per heavy atom. The Morgan fingerprint density at radius 3 is 1.19 bits per heavy atom. The van der Waals surface area contributed by atoms with Crippen LogP contribution in [0.25, 0.3) is 0 Å². The summed E-state index contributed by atoms with van der Waals surface area (Å²) >= 11 is 0. The van der Waals surface area contributed by atoms with Crippen LogP contribution in [0.1, 0.15) is 23.6 Å². The Morgan fingerprint density at radius 2 is 0.938 bits per heavy atom. The molecular formula is C26H28O6. The summed E-state index contributed by atoms with van der Waals surface area (Å²) in [6.45, 7) is 5.34. The van der Waals surface area contributed by atoms with Gasteiger partial charge in [0.1, 0.15) is 29.5 Å². The van der Waals surface area contributed by atoms with E-state index < -0.39 is 5.41 Å². The third kappa shape index (κ3) is 5.59. The van der Waals surface area contributed by atoms with Crippen molar-refractivity contribution >= 4 is 0 Å². The van der Waals surface area contributed by atoms with Crippen LogP contribution in [0.5, 0.6) is 17.2 Å². The maximum atomic E-state index is 9.57. The fourth-order valence-corrected chi connectivity index (χ4v) is 3.54. The molecule has 0 radical (unpaired) electrons. The van der Waals surface area contributed by atoms with E-state index in [1.807, 2.05) is 36.4 Å². The van der Waals surface area contributed by atoms with Crippen LogP contribution in [0.2, 0.25) is 0 Å². The molecule has 2 atom stereocenters. The fourth-order valence-electron chi connectivity index (χ4n) is 3.54. The molecule has 168 valence electrons. The van der Waals surface area contributed by atoms with E-state index in [0.29, 0.717) is 12.2 Å². The molecule has 6 heteroatoms. The van der Waals surface area contributed by atoms with Crippen LogP contribution in [0.3, 0.4) is 0 Å². The number of benzene rings is 3. The smallest absolute Gasteiger partial charge is 0.115 e. The average molecular weight is 437 g/mol. The van der Waals surface area contributed by atoms with Gasteiger partial charge in [-0.15, -0.1) is 0 Å². The van der Waals surface area contributed by atoms with Gasteiger partial charge in [-0.25, -0.2) is 0 Å². The lowest BCUT2D eigenvalue weighted by molar-refractivity contribution is 0.102. The molecule has 2 saturated heterocycles. The lowest BCUT2D eigenvalue weighted by Gasteiger charge is -2.32. The van der Waals surface area contributed by atoms with Crippen LogP contribution < -0.4 is 0 Å². The first kappa shape index (κ1) is 22.1. The Balaban J connectivity index is 0.000000225. The topological polar surface area (TPSA) is 95.0 Å². The summed E-state index contributed by atoms with van der Waals surface area (Å²) in [7, 11) is 0. The predicted octanol–water partition coefficient (Wildman–Crippen LogP) is 3.96. The number of phenolic OH excluding ortho intramolecular Hbond substituents is 3. The molecular weight excluding hydrogens is 408 g/mol. The van der Waals surface area contributed by atoms with Crippen molar-refractivity contribution in [2.75, 3.05) is 26.4 Å². The molecule has 5 rings (SSSR count). The number of hydrogen-bond acceptors (Lipinski definition) is 6. The first-order valence-electron chi connectivity index (χ1n) is 10.6. The van der Waals surface area contributed by atoms with E-state index in [1.54, 1.807) is 36.4 Å². The molecule has 0 spiro atoms. The van der Waals surface area contributed by atoms with Gasteiger partial charge < -0.3 is 29.5 Å². The average Bonchev–Trinajstić information content (AvgIpc) is 3.72. The Kier molecular flexibility index (Phi) is 6.65. The van der Waals surface area contributed by atoms with Crippen molar-refractivity contribution in [1.29, 1.82) is 0 Å². The minimum atomic E-state index is -0.477. The molecule has 2 aliphatic heterocycles. The van der Waals surface area contributed by atoms with Crippen LogP contribution in [0.4, 0.5) is 0 Å². The van der Waals surface area contributed by atoms with Crippen molar-refractivity contribution in [1.82, 2.24) is 0 Å². The van der Waals surface area contributed by atoms with Crippen LogP contribution in [-0.4, -0.2) is 54.0 Å². The van der Waals surface area contributed by atoms with E-state index in [1.165, 1.54) is 0 Å². The number of hydrogen-bond donors (Lipinski definition) is 3. The fraction of sp³-hybridized carbons (Fsp3) is 0.308. The van der Waals surface area contributed by atoms with Gasteiger partial charge in [-0.05, 0) is 60.0 Å². The highest BCUT2D eigenvalue weighted by atomic mass is 16.6. The highest BCUT2D eigenvalue weighted by molar-refractivity contribution is 5.51. The standard InChI is InChI=1S/C20H18O3.C6H10O3/c1-20(14-2-8-17(21)9-3-14,15-4-10-18(22)11-5-15)16-6-12-19(23)13-7-16;1(5-3-8-5)7-2-6-4-9-6/h2-13,21-23H,1H3;5-6H,1-4H2. The van der Waals surface area contributed by atoms with Gasteiger partial charge >= 0.3 is 0 Å². The van der Waals surface area contributed by atoms with Crippen molar-refractivity contribution in [3.05, 3.63) is 89.5 Å². The first-order chi connectivity index (χ1) is 15.4. The van der Waals surface area contributed by atoms with Gasteiger partial charge in [0, 0.05) is 5.41 Å². The molecule has 0 amide bonds. The lowest BCUT2D eigenvalue weighted by Crippen LogP contribution is -2.25. The molecule has 2 unspecified atom stereocenters. The highest BCUT2D eigenvalue weighted by Crippen LogP contribution is 2.40. The summed E-state index contributed by atoms with van der Waals surface area (Å²) < 4.78 is 15.1. The molecule has 3 aromatic rings. The second-order valence-electron chi connectivity index (χ2n) is 8.21. The summed E-state index contributed by atoms with van der Waals surface area (Å²) in [4.78, 5) is 0. The van der Waals surface area contributed by atoms with Crippen molar-refractivity contribution in [2.45, 2.75) is 24.5 Å².